The normalized spacial score (nSPS) is 13.9. The molecule has 136 valence electrons. The quantitative estimate of drug-likeness (QED) is 0.584. The largest absolute Gasteiger partial charge is 1.00 e. The van der Waals surface area contributed by atoms with Crippen LogP contribution in [0.5, 0.6) is 0 Å². The number of benzene rings is 1. The Balaban J connectivity index is 0.00000196. The second kappa shape index (κ2) is 9.26. The van der Waals surface area contributed by atoms with Crippen LogP contribution in [0.2, 0.25) is 0 Å². The summed E-state index contributed by atoms with van der Waals surface area (Å²) in [4.78, 5) is 29.6. The topological polar surface area (TPSA) is 94.4 Å². The summed E-state index contributed by atoms with van der Waals surface area (Å²) in [5, 5.41) is 17.4. The first-order valence-corrected chi connectivity index (χ1v) is 8.63. The van der Waals surface area contributed by atoms with Crippen molar-refractivity contribution in [3.63, 3.8) is 0 Å². The third-order valence-corrected chi connectivity index (χ3v) is 4.71. The number of aromatic nitrogens is 1. The van der Waals surface area contributed by atoms with Gasteiger partial charge in [0.25, 0.3) is 5.91 Å². The first kappa shape index (κ1) is 21.3. The average Bonchev–Trinajstić information content (AvgIpc) is 2.67. The minimum Gasteiger partial charge on any atom is -1.00 e. The maximum atomic E-state index is 12.8. The Morgan fingerprint density at radius 3 is 2.81 bits per heavy atom. The number of carboxylic acid groups (broad SMARTS) is 1. The molecular formula is C20H22N3NaO3. The molecule has 1 unspecified atom stereocenters. The van der Waals surface area contributed by atoms with Crippen LogP contribution in [-0.2, 0) is 11.2 Å². The van der Waals surface area contributed by atoms with Gasteiger partial charge in [0.2, 0.25) is 0 Å². The zero-order valence-corrected chi connectivity index (χ0v) is 17.6. The molecule has 7 heteroatoms. The van der Waals surface area contributed by atoms with Crippen molar-refractivity contribution < 1.29 is 45.7 Å². The van der Waals surface area contributed by atoms with Crippen molar-refractivity contribution in [2.45, 2.75) is 32.1 Å². The molecule has 1 amide bonds. The Hall–Kier alpha value is -2.02. The molecule has 1 atom stereocenters. The fourth-order valence-corrected chi connectivity index (χ4v) is 3.28. The standard InChI is InChI=1S/C20H21N3O3.Na.H/c1-13(16-4-2-8-22-12-16)10-17(21)19(24)23-9-3-5-14-11-15(20(25)26)6-7-18(14)23;;/h2,4,6-8,11-13,21H,3,5,9-10H2,1H3,(H,25,26);;/q;+1;-1. The summed E-state index contributed by atoms with van der Waals surface area (Å²) in [7, 11) is 0. The fourth-order valence-electron chi connectivity index (χ4n) is 3.28. The Labute approximate surface area is 181 Å². The smallest absolute Gasteiger partial charge is 1.00 e. The number of amides is 1. The second-order valence-electron chi connectivity index (χ2n) is 6.58. The summed E-state index contributed by atoms with van der Waals surface area (Å²) < 4.78 is 0. The third-order valence-electron chi connectivity index (χ3n) is 4.71. The summed E-state index contributed by atoms with van der Waals surface area (Å²) >= 11 is 0. The molecule has 0 radical (unpaired) electrons. The summed E-state index contributed by atoms with van der Waals surface area (Å²) in [5.41, 5.74) is 2.83. The van der Waals surface area contributed by atoms with Gasteiger partial charge < -0.3 is 11.4 Å². The average molecular weight is 375 g/mol. The van der Waals surface area contributed by atoms with Gasteiger partial charge >= 0.3 is 35.5 Å². The number of aryl methyl sites for hydroxylation is 1. The van der Waals surface area contributed by atoms with Gasteiger partial charge in [0, 0.05) is 31.0 Å². The van der Waals surface area contributed by atoms with E-state index in [1.54, 1.807) is 29.4 Å². The van der Waals surface area contributed by atoms with E-state index in [0.29, 0.717) is 18.7 Å². The molecule has 1 aliphatic heterocycles. The molecule has 0 bridgehead atoms. The molecule has 2 heterocycles. The molecule has 3 rings (SSSR count). The molecule has 1 aliphatic rings. The van der Waals surface area contributed by atoms with Crippen molar-refractivity contribution in [2.24, 2.45) is 0 Å². The van der Waals surface area contributed by atoms with Crippen LogP contribution in [-0.4, -0.2) is 34.2 Å². The van der Waals surface area contributed by atoms with Gasteiger partial charge in [-0.25, -0.2) is 4.79 Å². The SMILES string of the molecule is CC(CC(=N)C(=O)N1CCCc2cc(C(=O)O)ccc21)c1cccnc1.[H-].[Na+]. The number of hydrogen-bond donors (Lipinski definition) is 2. The maximum Gasteiger partial charge on any atom is 1.00 e. The van der Waals surface area contributed by atoms with E-state index in [1.807, 2.05) is 19.1 Å². The number of aromatic carboxylic acids is 1. The van der Waals surface area contributed by atoms with Crippen LogP contribution in [0.1, 0.15) is 48.6 Å². The predicted octanol–water partition coefficient (Wildman–Crippen LogP) is 0.389. The van der Waals surface area contributed by atoms with E-state index in [4.69, 9.17) is 10.5 Å². The first-order chi connectivity index (χ1) is 12.5. The van der Waals surface area contributed by atoms with E-state index < -0.39 is 5.97 Å². The molecule has 0 spiro atoms. The number of nitrogens with one attached hydrogen (secondary N) is 1. The van der Waals surface area contributed by atoms with Gasteiger partial charge in [0.05, 0.1) is 11.3 Å². The number of anilines is 1. The van der Waals surface area contributed by atoms with Gasteiger partial charge in [-0.3, -0.25) is 15.2 Å². The summed E-state index contributed by atoms with van der Waals surface area (Å²) in [5.74, 6) is -1.27. The Morgan fingerprint density at radius 1 is 1.37 bits per heavy atom. The summed E-state index contributed by atoms with van der Waals surface area (Å²) in [6.45, 7) is 2.52. The Morgan fingerprint density at radius 2 is 2.15 bits per heavy atom. The fraction of sp³-hybridized carbons (Fsp3) is 0.300. The predicted molar refractivity (Wildman–Crippen MR) is 100 cm³/mol. The van der Waals surface area contributed by atoms with Gasteiger partial charge in [-0.2, -0.15) is 0 Å². The second-order valence-corrected chi connectivity index (χ2v) is 6.58. The minimum atomic E-state index is -0.978. The van der Waals surface area contributed by atoms with Crippen LogP contribution in [0.15, 0.2) is 42.7 Å². The van der Waals surface area contributed by atoms with Crippen LogP contribution in [0.4, 0.5) is 5.69 Å². The zero-order chi connectivity index (χ0) is 18.7. The van der Waals surface area contributed by atoms with Crippen molar-refractivity contribution in [3.05, 3.63) is 59.4 Å². The van der Waals surface area contributed by atoms with Crippen LogP contribution in [0, 0.1) is 5.41 Å². The Kier molecular flexibility index (Phi) is 7.30. The van der Waals surface area contributed by atoms with E-state index in [1.165, 1.54) is 6.07 Å². The Bertz CT molecular complexity index is 861. The monoisotopic (exact) mass is 375 g/mol. The molecule has 0 fully saturated rings. The summed E-state index contributed by atoms with van der Waals surface area (Å²) in [6.07, 6.45) is 5.28. The molecule has 0 aliphatic carbocycles. The van der Waals surface area contributed by atoms with Gasteiger partial charge in [-0.05, 0) is 54.2 Å². The number of rotatable bonds is 5. The number of hydrogen-bond acceptors (Lipinski definition) is 4. The number of carbonyl (C=O) groups excluding carboxylic acids is 1. The van der Waals surface area contributed by atoms with E-state index in [0.717, 1.165) is 24.0 Å². The molecule has 1 aromatic heterocycles. The van der Waals surface area contributed by atoms with Crippen molar-refractivity contribution in [1.82, 2.24) is 4.98 Å². The van der Waals surface area contributed by atoms with Crippen molar-refractivity contribution in [3.8, 4) is 0 Å². The van der Waals surface area contributed by atoms with Crippen LogP contribution in [0.25, 0.3) is 0 Å². The number of carbonyl (C=O) groups is 2. The van der Waals surface area contributed by atoms with Crippen molar-refractivity contribution in [1.29, 1.82) is 5.41 Å². The first-order valence-electron chi connectivity index (χ1n) is 8.63. The van der Waals surface area contributed by atoms with Gasteiger partial charge in [-0.15, -0.1) is 0 Å². The van der Waals surface area contributed by atoms with E-state index in [9.17, 15) is 9.59 Å². The molecule has 6 nitrogen and oxygen atoms in total. The van der Waals surface area contributed by atoms with Crippen LogP contribution >= 0.6 is 0 Å². The summed E-state index contributed by atoms with van der Waals surface area (Å²) in [6, 6.07) is 8.60. The molecule has 1 aromatic carbocycles. The van der Waals surface area contributed by atoms with E-state index >= 15 is 0 Å². The molecule has 0 saturated heterocycles. The van der Waals surface area contributed by atoms with Crippen molar-refractivity contribution >= 4 is 23.3 Å². The van der Waals surface area contributed by atoms with Gasteiger partial charge in [-0.1, -0.05) is 13.0 Å². The van der Waals surface area contributed by atoms with Crippen LogP contribution < -0.4 is 34.5 Å². The van der Waals surface area contributed by atoms with Crippen molar-refractivity contribution in [2.75, 3.05) is 11.4 Å². The van der Waals surface area contributed by atoms with E-state index in [2.05, 4.69) is 4.98 Å². The minimum absolute atomic E-state index is 0. The number of nitrogens with zero attached hydrogens (tertiary/aromatic N) is 2. The zero-order valence-electron chi connectivity index (χ0n) is 16.6. The molecule has 27 heavy (non-hydrogen) atoms. The maximum absolute atomic E-state index is 12.8. The van der Waals surface area contributed by atoms with Crippen LogP contribution in [0.3, 0.4) is 0 Å². The van der Waals surface area contributed by atoms with E-state index in [-0.39, 0.29) is 54.1 Å². The molecule has 2 N–H and O–H groups in total. The number of carboxylic acids is 1. The number of fused-ring (bicyclic) bond motifs is 1. The van der Waals surface area contributed by atoms with Gasteiger partial charge in [0.15, 0.2) is 0 Å². The van der Waals surface area contributed by atoms with Gasteiger partial charge in [0.1, 0.15) is 0 Å². The number of pyridine rings is 1. The molecule has 2 aromatic rings. The molecular weight excluding hydrogens is 353 g/mol. The molecule has 0 saturated carbocycles. The third kappa shape index (κ3) is 4.83.